The average Bonchev–Trinajstić information content (AvgIpc) is 2.29. The van der Waals surface area contributed by atoms with E-state index in [1.807, 2.05) is 24.3 Å². The molecule has 82 valence electrons. The Bertz CT molecular complexity index is 488. The van der Waals surface area contributed by atoms with Gasteiger partial charge < -0.3 is 9.84 Å². The fourth-order valence-corrected chi connectivity index (χ4v) is 1.77. The number of hydrogen-bond acceptors (Lipinski definition) is 3. The molecule has 2 aromatic rings. The normalized spacial score (nSPS) is 10.1. The molecule has 0 unspecified atom stereocenters. The van der Waals surface area contributed by atoms with Gasteiger partial charge in [0, 0.05) is 15.8 Å². The van der Waals surface area contributed by atoms with Crippen molar-refractivity contribution in [1.29, 1.82) is 0 Å². The molecule has 0 bridgehead atoms. The zero-order valence-electron chi connectivity index (χ0n) is 8.43. The largest absolute Gasteiger partial charge is 0.439 e. The summed E-state index contributed by atoms with van der Waals surface area (Å²) in [6.45, 7) is -0.00873. The molecular formula is C12H10INO2. The van der Waals surface area contributed by atoms with Crippen molar-refractivity contribution in [3.05, 3.63) is 51.7 Å². The van der Waals surface area contributed by atoms with Crippen LogP contribution in [0.25, 0.3) is 0 Å². The van der Waals surface area contributed by atoms with Gasteiger partial charge in [-0.15, -0.1) is 0 Å². The molecular weight excluding hydrogens is 317 g/mol. The predicted molar refractivity (Wildman–Crippen MR) is 69.4 cm³/mol. The third-order valence-electron chi connectivity index (χ3n) is 2.00. The first-order valence-corrected chi connectivity index (χ1v) is 5.85. The highest BCUT2D eigenvalue weighted by molar-refractivity contribution is 14.1. The maximum Gasteiger partial charge on any atom is 0.219 e. The Balaban J connectivity index is 2.20. The van der Waals surface area contributed by atoms with E-state index in [1.54, 1.807) is 18.3 Å². The van der Waals surface area contributed by atoms with Gasteiger partial charge in [0.2, 0.25) is 5.88 Å². The van der Waals surface area contributed by atoms with E-state index in [9.17, 15) is 0 Å². The van der Waals surface area contributed by atoms with Crippen LogP contribution in [0.4, 0.5) is 0 Å². The Morgan fingerprint density at radius 1 is 1.25 bits per heavy atom. The minimum atomic E-state index is -0.00873. The number of ether oxygens (including phenoxy) is 1. The van der Waals surface area contributed by atoms with E-state index in [4.69, 9.17) is 9.84 Å². The summed E-state index contributed by atoms with van der Waals surface area (Å²) in [6, 6.07) is 11.2. The molecule has 0 aliphatic rings. The Hall–Kier alpha value is -1.14. The lowest BCUT2D eigenvalue weighted by Gasteiger charge is -2.05. The molecule has 3 nitrogen and oxygen atoms in total. The second-order valence-corrected chi connectivity index (χ2v) is 4.47. The van der Waals surface area contributed by atoms with Gasteiger partial charge in [0.25, 0.3) is 0 Å². The number of aromatic nitrogens is 1. The Kier molecular flexibility index (Phi) is 3.74. The van der Waals surface area contributed by atoms with Gasteiger partial charge in [-0.2, -0.15) is 0 Å². The first-order valence-electron chi connectivity index (χ1n) is 4.77. The van der Waals surface area contributed by atoms with Gasteiger partial charge in [0.1, 0.15) is 5.75 Å². The van der Waals surface area contributed by atoms with Gasteiger partial charge in [-0.1, -0.05) is 6.07 Å². The molecule has 2 rings (SSSR count). The maximum atomic E-state index is 8.99. The van der Waals surface area contributed by atoms with E-state index in [-0.39, 0.29) is 6.61 Å². The van der Waals surface area contributed by atoms with Gasteiger partial charge in [-0.05, 0) is 52.4 Å². The molecule has 4 heteroatoms. The molecule has 1 N–H and O–H groups in total. The molecule has 0 aliphatic heterocycles. The Morgan fingerprint density at radius 3 is 2.88 bits per heavy atom. The van der Waals surface area contributed by atoms with Crippen LogP contribution in [0.3, 0.4) is 0 Å². The van der Waals surface area contributed by atoms with Crippen molar-refractivity contribution in [3.63, 3.8) is 0 Å². The molecule has 1 aromatic heterocycles. The van der Waals surface area contributed by atoms with Crippen molar-refractivity contribution in [2.24, 2.45) is 0 Å². The van der Waals surface area contributed by atoms with E-state index in [2.05, 4.69) is 27.6 Å². The van der Waals surface area contributed by atoms with E-state index in [0.717, 1.165) is 14.9 Å². The van der Waals surface area contributed by atoms with Crippen LogP contribution in [0, 0.1) is 3.57 Å². The quantitative estimate of drug-likeness (QED) is 0.882. The van der Waals surface area contributed by atoms with Crippen LogP contribution in [0.2, 0.25) is 0 Å². The summed E-state index contributed by atoms with van der Waals surface area (Å²) in [5, 5.41) is 8.99. The van der Waals surface area contributed by atoms with Crippen LogP contribution in [0.1, 0.15) is 5.56 Å². The number of rotatable bonds is 3. The average molecular weight is 327 g/mol. The fourth-order valence-electron chi connectivity index (χ4n) is 1.26. The van der Waals surface area contributed by atoms with E-state index in [0.29, 0.717) is 5.88 Å². The lowest BCUT2D eigenvalue weighted by molar-refractivity contribution is 0.281. The molecule has 0 fully saturated rings. The monoisotopic (exact) mass is 327 g/mol. The maximum absolute atomic E-state index is 8.99. The third-order valence-corrected chi connectivity index (χ3v) is 2.67. The van der Waals surface area contributed by atoms with E-state index < -0.39 is 0 Å². The van der Waals surface area contributed by atoms with E-state index >= 15 is 0 Å². The summed E-state index contributed by atoms with van der Waals surface area (Å²) in [7, 11) is 0. The minimum absolute atomic E-state index is 0.00873. The number of aliphatic hydroxyl groups excluding tert-OH is 1. The summed E-state index contributed by atoms with van der Waals surface area (Å²) < 4.78 is 6.68. The highest BCUT2D eigenvalue weighted by Crippen LogP contribution is 2.21. The number of aliphatic hydroxyl groups is 1. The number of halogens is 1. The zero-order valence-corrected chi connectivity index (χ0v) is 10.6. The van der Waals surface area contributed by atoms with Crippen LogP contribution < -0.4 is 4.74 Å². The topological polar surface area (TPSA) is 42.4 Å². The van der Waals surface area contributed by atoms with Crippen LogP contribution in [-0.4, -0.2) is 10.1 Å². The zero-order chi connectivity index (χ0) is 11.4. The van der Waals surface area contributed by atoms with Crippen LogP contribution >= 0.6 is 22.6 Å². The molecule has 16 heavy (non-hydrogen) atoms. The van der Waals surface area contributed by atoms with Gasteiger partial charge >= 0.3 is 0 Å². The van der Waals surface area contributed by atoms with Crippen molar-refractivity contribution in [3.8, 4) is 11.6 Å². The lowest BCUT2D eigenvalue weighted by Crippen LogP contribution is -1.90. The minimum Gasteiger partial charge on any atom is -0.439 e. The predicted octanol–water partition coefficient (Wildman–Crippen LogP) is 2.97. The highest BCUT2D eigenvalue weighted by Gasteiger charge is 2.00. The molecule has 0 atom stereocenters. The third kappa shape index (κ3) is 2.93. The first-order chi connectivity index (χ1) is 7.78. The van der Waals surface area contributed by atoms with Crippen molar-refractivity contribution in [2.75, 3.05) is 0 Å². The summed E-state index contributed by atoms with van der Waals surface area (Å²) >= 11 is 2.22. The molecule has 1 heterocycles. The molecule has 0 saturated carbocycles. The standard InChI is InChI=1S/C12H10INO2/c13-10-2-1-3-11(7-10)16-12-6-9(8-15)4-5-14-12/h1-7,15H,8H2. The summed E-state index contributed by atoms with van der Waals surface area (Å²) in [4.78, 5) is 4.08. The summed E-state index contributed by atoms with van der Waals surface area (Å²) in [6.07, 6.45) is 1.62. The van der Waals surface area contributed by atoms with Gasteiger partial charge in [-0.25, -0.2) is 4.98 Å². The highest BCUT2D eigenvalue weighted by atomic mass is 127. The van der Waals surface area contributed by atoms with Crippen molar-refractivity contribution < 1.29 is 9.84 Å². The number of pyridine rings is 1. The first kappa shape index (κ1) is 11.3. The number of hydrogen-bond donors (Lipinski definition) is 1. The van der Waals surface area contributed by atoms with Crippen LogP contribution in [-0.2, 0) is 6.61 Å². The molecule has 0 spiro atoms. The Labute approximate surface area is 107 Å². The van der Waals surface area contributed by atoms with Crippen LogP contribution in [0.15, 0.2) is 42.6 Å². The second kappa shape index (κ2) is 5.27. The molecule has 0 amide bonds. The molecule has 0 aliphatic carbocycles. The van der Waals surface area contributed by atoms with Gasteiger partial charge in [-0.3, -0.25) is 0 Å². The molecule has 0 saturated heterocycles. The lowest BCUT2D eigenvalue weighted by atomic mass is 10.3. The number of benzene rings is 1. The molecule has 1 aromatic carbocycles. The van der Waals surface area contributed by atoms with E-state index in [1.165, 1.54) is 0 Å². The van der Waals surface area contributed by atoms with Crippen molar-refractivity contribution in [2.45, 2.75) is 6.61 Å². The van der Waals surface area contributed by atoms with Crippen molar-refractivity contribution in [1.82, 2.24) is 4.98 Å². The molecule has 0 radical (unpaired) electrons. The van der Waals surface area contributed by atoms with Crippen LogP contribution in [0.5, 0.6) is 11.6 Å². The second-order valence-electron chi connectivity index (χ2n) is 3.22. The summed E-state index contributed by atoms with van der Waals surface area (Å²) in [5.41, 5.74) is 0.788. The summed E-state index contributed by atoms with van der Waals surface area (Å²) in [5.74, 6) is 1.24. The Morgan fingerprint density at radius 2 is 2.12 bits per heavy atom. The van der Waals surface area contributed by atoms with Gasteiger partial charge in [0.15, 0.2) is 0 Å². The van der Waals surface area contributed by atoms with Gasteiger partial charge in [0.05, 0.1) is 6.61 Å². The SMILES string of the molecule is OCc1ccnc(Oc2cccc(I)c2)c1. The number of nitrogens with zero attached hydrogens (tertiary/aromatic N) is 1. The van der Waals surface area contributed by atoms with Crippen molar-refractivity contribution >= 4 is 22.6 Å². The smallest absolute Gasteiger partial charge is 0.219 e. The fraction of sp³-hybridized carbons (Fsp3) is 0.0833.